The van der Waals surface area contributed by atoms with Gasteiger partial charge in [-0.15, -0.1) is 11.8 Å². The van der Waals surface area contributed by atoms with Crippen LogP contribution >= 0.6 is 11.8 Å². The average molecular weight is 618 g/mol. The summed E-state index contributed by atoms with van der Waals surface area (Å²) in [4.78, 5) is 5.42. The molecule has 0 unspecified atom stereocenters. The summed E-state index contributed by atoms with van der Waals surface area (Å²) in [5.41, 5.74) is 5.50. The molecule has 0 aliphatic carbocycles. The summed E-state index contributed by atoms with van der Waals surface area (Å²) in [6.45, 7) is 18.5. The van der Waals surface area contributed by atoms with Crippen molar-refractivity contribution < 1.29 is 14.2 Å². The molecular weight excluding hydrogens is 563 g/mol. The van der Waals surface area contributed by atoms with Crippen molar-refractivity contribution in [3.63, 3.8) is 0 Å². The maximum atomic E-state index is 5.30. The topological polar surface area (TPSA) is 40.6 Å². The van der Waals surface area contributed by atoms with Crippen LogP contribution in [0, 0.1) is 0 Å². The molecule has 4 aliphatic rings. The standard InChI is InChI=1S/2C8H8O.C8H8S.C7H7NO.4C2H6/c3*1-2-4-8-7(3-1)5-6-9-8;1-3-8-5-7-6(1)2-4-9-7;4*1-2/h3*1-4H,5-6H2;1,3,5H,2,4H2;4*1-2H3. The minimum atomic E-state index is 0.820. The molecule has 5 heterocycles. The number of pyridine rings is 1. The lowest BCUT2D eigenvalue weighted by molar-refractivity contribution is 0.355. The van der Waals surface area contributed by atoms with Crippen LogP contribution < -0.4 is 14.2 Å². The summed E-state index contributed by atoms with van der Waals surface area (Å²) < 4.78 is 15.8. The van der Waals surface area contributed by atoms with Crippen molar-refractivity contribution in [2.24, 2.45) is 0 Å². The van der Waals surface area contributed by atoms with Crippen LogP contribution in [0.3, 0.4) is 0 Å². The first-order valence-corrected chi connectivity index (χ1v) is 17.5. The highest BCUT2D eigenvalue weighted by molar-refractivity contribution is 7.99. The van der Waals surface area contributed by atoms with Crippen molar-refractivity contribution in [1.82, 2.24) is 4.98 Å². The molecule has 0 amide bonds. The summed E-state index contributed by atoms with van der Waals surface area (Å²) in [7, 11) is 0. The minimum absolute atomic E-state index is 0.820. The van der Waals surface area contributed by atoms with Crippen LogP contribution in [-0.4, -0.2) is 30.6 Å². The van der Waals surface area contributed by atoms with Gasteiger partial charge in [-0.05, 0) is 47.4 Å². The van der Waals surface area contributed by atoms with Gasteiger partial charge in [0, 0.05) is 41.7 Å². The molecule has 0 saturated heterocycles. The van der Waals surface area contributed by atoms with Gasteiger partial charge in [-0.2, -0.15) is 0 Å². The number of ether oxygens (including phenoxy) is 3. The zero-order chi connectivity index (χ0) is 32.4. The number of hydrogen-bond acceptors (Lipinski definition) is 5. The van der Waals surface area contributed by atoms with Gasteiger partial charge in [-0.25, -0.2) is 0 Å². The second-order valence-electron chi connectivity index (χ2n) is 8.70. The normalized spacial score (nSPS) is 12.7. The quantitative estimate of drug-likeness (QED) is 0.196. The Labute approximate surface area is 272 Å². The Morgan fingerprint density at radius 1 is 0.477 bits per heavy atom. The number of aromatic nitrogens is 1. The Bertz CT molecular complexity index is 987. The fourth-order valence-electron chi connectivity index (χ4n) is 4.38. The van der Waals surface area contributed by atoms with E-state index in [1.807, 2.05) is 110 Å². The zero-order valence-corrected chi connectivity index (χ0v) is 29.2. The van der Waals surface area contributed by atoms with Gasteiger partial charge in [-0.3, -0.25) is 4.98 Å². The van der Waals surface area contributed by atoms with Gasteiger partial charge in [0.25, 0.3) is 0 Å². The molecule has 4 aliphatic heterocycles. The first-order valence-electron chi connectivity index (χ1n) is 16.5. The van der Waals surface area contributed by atoms with Crippen LogP contribution in [0.15, 0.2) is 96.2 Å². The van der Waals surface area contributed by atoms with Crippen LogP contribution in [0.25, 0.3) is 0 Å². The molecule has 0 N–H and O–H groups in total. The van der Waals surface area contributed by atoms with E-state index in [2.05, 4.69) is 41.4 Å². The third-order valence-electron chi connectivity index (χ3n) is 6.30. The molecule has 1 aromatic heterocycles. The molecule has 0 bridgehead atoms. The molecule has 0 radical (unpaired) electrons. The molecule has 0 saturated carbocycles. The van der Waals surface area contributed by atoms with E-state index in [1.165, 1.54) is 39.3 Å². The van der Waals surface area contributed by atoms with Crippen molar-refractivity contribution in [3.05, 3.63) is 114 Å². The van der Waals surface area contributed by atoms with Crippen molar-refractivity contribution >= 4 is 11.8 Å². The third-order valence-corrected chi connectivity index (χ3v) is 7.42. The van der Waals surface area contributed by atoms with Crippen molar-refractivity contribution in [2.75, 3.05) is 25.6 Å². The molecule has 0 spiro atoms. The number of hydrogen-bond donors (Lipinski definition) is 0. The Balaban J connectivity index is 0.000000272. The highest BCUT2D eigenvalue weighted by Gasteiger charge is 2.10. The van der Waals surface area contributed by atoms with E-state index in [0.717, 1.165) is 56.3 Å². The second-order valence-corrected chi connectivity index (χ2v) is 9.84. The molecular formula is C39H55NO3S. The van der Waals surface area contributed by atoms with Crippen LogP contribution in [0.4, 0.5) is 0 Å². The Kier molecular flexibility index (Phi) is 21.9. The molecule has 5 heteroatoms. The summed E-state index contributed by atoms with van der Waals surface area (Å²) in [5.74, 6) is 4.37. The van der Waals surface area contributed by atoms with E-state index in [9.17, 15) is 0 Å². The van der Waals surface area contributed by atoms with Crippen molar-refractivity contribution in [3.8, 4) is 17.2 Å². The Morgan fingerprint density at radius 2 is 0.909 bits per heavy atom. The number of thioether (sulfide) groups is 1. The van der Waals surface area contributed by atoms with Gasteiger partial charge < -0.3 is 14.2 Å². The van der Waals surface area contributed by atoms with Crippen LogP contribution in [0.5, 0.6) is 17.2 Å². The predicted octanol–water partition coefficient (Wildman–Crippen LogP) is 10.7. The fraction of sp³-hybridized carbons (Fsp3) is 0.410. The van der Waals surface area contributed by atoms with Crippen LogP contribution in [0.1, 0.15) is 77.6 Å². The van der Waals surface area contributed by atoms with Gasteiger partial charge in [-0.1, -0.05) is 110 Å². The van der Waals surface area contributed by atoms with Crippen molar-refractivity contribution in [1.29, 1.82) is 0 Å². The average Bonchev–Trinajstić information content (AvgIpc) is 3.96. The van der Waals surface area contributed by atoms with Crippen LogP contribution in [-0.2, 0) is 25.7 Å². The first-order chi connectivity index (χ1) is 21.9. The molecule has 4 nitrogen and oxygen atoms in total. The first kappa shape index (κ1) is 38.6. The summed E-state index contributed by atoms with van der Waals surface area (Å²) >= 11 is 1.97. The summed E-state index contributed by atoms with van der Waals surface area (Å²) in [5, 5.41) is 0. The molecule has 4 aromatic rings. The maximum Gasteiger partial charge on any atom is 0.140 e. The fourth-order valence-corrected chi connectivity index (χ4v) is 5.45. The SMILES string of the molecule is CC.CC.CC.CC.c1cc2c(cn1)OCC2.c1ccc2c(c1)CCO2.c1ccc2c(c1)CCO2.c1ccc2c(c1)CCS2. The molecule has 0 atom stereocenters. The molecule has 8 rings (SSSR count). The minimum Gasteiger partial charge on any atom is -0.493 e. The second kappa shape index (κ2) is 24.9. The largest absolute Gasteiger partial charge is 0.493 e. The summed E-state index contributed by atoms with van der Waals surface area (Å²) in [6.07, 6.45) is 8.03. The number of benzene rings is 3. The van der Waals surface area contributed by atoms with Crippen LogP contribution in [0.2, 0.25) is 0 Å². The number of fused-ring (bicyclic) bond motifs is 4. The Morgan fingerprint density at radius 3 is 1.39 bits per heavy atom. The Hall–Kier alpha value is -3.44. The van der Waals surface area contributed by atoms with E-state index in [4.69, 9.17) is 14.2 Å². The predicted molar refractivity (Wildman–Crippen MR) is 191 cm³/mol. The highest BCUT2D eigenvalue weighted by atomic mass is 32.2. The third kappa shape index (κ3) is 13.1. The lowest BCUT2D eigenvalue weighted by Gasteiger charge is -1.93. The molecule has 0 fully saturated rings. The van der Waals surface area contributed by atoms with E-state index in [-0.39, 0.29) is 0 Å². The van der Waals surface area contributed by atoms with Gasteiger partial charge in [0.2, 0.25) is 0 Å². The lowest BCUT2D eigenvalue weighted by Crippen LogP contribution is -1.85. The maximum absolute atomic E-state index is 5.30. The summed E-state index contributed by atoms with van der Waals surface area (Å²) in [6, 6.07) is 27.0. The molecule has 3 aromatic carbocycles. The molecule has 44 heavy (non-hydrogen) atoms. The zero-order valence-electron chi connectivity index (χ0n) is 28.4. The van der Waals surface area contributed by atoms with Gasteiger partial charge >= 0.3 is 0 Å². The lowest BCUT2D eigenvalue weighted by atomic mass is 10.2. The highest BCUT2D eigenvalue weighted by Crippen LogP contribution is 2.30. The van der Waals surface area contributed by atoms with E-state index in [1.54, 1.807) is 12.4 Å². The van der Waals surface area contributed by atoms with Gasteiger partial charge in [0.1, 0.15) is 17.2 Å². The molecule has 240 valence electrons. The number of nitrogens with zero attached hydrogens (tertiary/aromatic N) is 1. The van der Waals surface area contributed by atoms with Gasteiger partial charge in [0.05, 0.1) is 26.0 Å². The smallest absolute Gasteiger partial charge is 0.140 e. The van der Waals surface area contributed by atoms with E-state index >= 15 is 0 Å². The van der Waals surface area contributed by atoms with Crippen molar-refractivity contribution in [2.45, 2.75) is 86.0 Å². The van der Waals surface area contributed by atoms with Gasteiger partial charge in [0.15, 0.2) is 0 Å². The van der Waals surface area contributed by atoms with E-state index < -0.39 is 0 Å². The number of para-hydroxylation sites is 2. The number of rotatable bonds is 0. The number of aryl methyl sites for hydroxylation is 1. The monoisotopic (exact) mass is 617 g/mol. The van der Waals surface area contributed by atoms with E-state index in [0.29, 0.717) is 0 Å².